The molecule has 0 bridgehead atoms. The van der Waals surface area contributed by atoms with Crippen LogP contribution in [0, 0.1) is 6.92 Å². The van der Waals surface area contributed by atoms with Crippen molar-refractivity contribution < 1.29 is 23.8 Å². The van der Waals surface area contributed by atoms with Crippen LogP contribution in [0.5, 0.6) is 5.75 Å². The number of amides is 2. The molecule has 0 N–H and O–H groups in total. The van der Waals surface area contributed by atoms with Crippen molar-refractivity contribution in [1.82, 2.24) is 19.8 Å². The van der Waals surface area contributed by atoms with Crippen molar-refractivity contribution >= 4 is 23.4 Å². The van der Waals surface area contributed by atoms with Crippen LogP contribution in [0.15, 0.2) is 36.8 Å². The summed E-state index contributed by atoms with van der Waals surface area (Å²) in [5.74, 6) is 0.323. The molecule has 2 aliphatic heterocycles. The number of aromatic nitrogens is 2. The number of hydrogen-bond donors (Lipinski definition) is 0. The minimum atomic E-state index is -1.00. The number of hydrogen-bond acceptors (Lipinski definition) is 7. The van der Waals surface area contributed by atoms with Crippen LogP contribution in [0.1, 0.15) is 22.5 Å². The quantitative estimate of drug-likeness (QED) is 0.631. The lowest BCUT2D eigenvalue weighted by molar-refractivity contribution is -0.155. The second-order valence-electron chi connectivity index (χ2n) is 8.20. The second-order valence-corrected chi connectivity index (χ2v) is 8.63. The number of aryl methyl sites for hydroxylation is 1. The Hall–Kier alpha value is -2.75. The first-order valence-corrected chi connectivity index (χ1v) is 11.3. The van der Waals surface area contributed by atoms with Crippen LogP contribution >= 0.6 is 11.6 Å². The summed E-state index contributed by atoms with van der Waals surface area (Å²) in [5, 5.41) is 0.548. The molecule has 10 heteroatoms. The van der Waals surface area contributed by atoms with Gasteiger partial charge in [0.05, 0.1) is 44.0 Å². The van der Waals surface area contributed by atoms with E-state index in [-0.39, 0.29) is 38.0 Å². The van der Waals surface area contributed by atoms with Crippen LogP contribution in [0.25, 0.3) is 0 Å². The van der Waals surface area contributed by atoms with Crippen LogP contribution in [0.2, 0.25) is 5.02 Å². The summed E-state index contributed by atoms with van der Waals surface area (Å²) in [6.07, 6.45) is 3.01. The Kier molecular flexibility index (Phi) is 7.42. The van der Waals surface area contributed by atoms with E-state index in [9.17, 15) is 9.59 Å². The number of benzene rings is 1. The van der Waals surface area contributed by atoms with E-state index in [1.54, 1.807) is 41.0 Å². The number of ether oxygens (including phenoxy) is 3. The molecule has 9 nitrogen and oxygen atoms in total. The van der Waals surface area contributed by atoms with E-state index in [2.05, 4.69) is 9.97 Å². The predicted molar refractivity (Wildman–Crippen MR) is 120 cm³/mol. The van der Waals surface area contributed by atoms with E-state index < -0.39 is 5.60 Å². The van der Waals surface area contributed by atoms with Crippen LogP contribution in [-0.4, -0.2) is 89.8 Å². The van der Waals surface area contributed by atoms with Crippen LogP contribution in [-0.2, 0) is 14.3 Å². The summed E-state index contributed by atoms with van der Waals surface area (Å²) in [7, 11) is 0. The van der Waals surface area contributed by atoms with E-state index >= 15 is 0 Å². The highest BCUT2D eigenvalue weighted by atomic mass is 35.5. The van der Waals surface area contributed by atoms with E-state index in [0.29, 0.717) is 54.9 Å². The Balaban J connectivity index is 1.54. The minimum Gasteiger partial charge on any atom is -0.490 e. The van der Waals surface area contributed by atoms with Gasteiger partial charge in [-0.3, -0.25) is 9.59 Å². The lowest BCUT2D eigenvalue weighted by Gasteiger charge is -2.43. The van der Waals surface area contributed by atoms with Crippen molar-refractivity contribution in [1.29, 1.82) is 0 Å². The molecule has 2 aromatic rings. The monoisotopic (exact) mass is 474 g/mol. The fourth-order valence-corrected chi connectivity index (χ4v) is 4.19. The molecule has 4 rings (SSSR count). The van der Waals surface area contributed by atoms with Gasteiger partial charge in [0.15, 0.2) is 0 Å². The second kappa shape index (κ2) is 10.5. The molecular formula is C23H27ClN4O5. The van der Waals surface area contributed by atoms with Gasteiger partial charge in [-0.1, -0.05) is 17.7 Å². The van der Waals surface area contributed by atoms with Crippen LogP contribution in [0.4, 0.5) is 0 Å². The molecule has 0 radical (unpaired) electrons. The Morgan fingerprint density at radius 1 is 1.18 bits per heavy atom. The third-order valence-electron chi connectivity index (χ3n) is 5.81. The summed E-state index contributed by atoms with van der Waals surface area (Å²) < 4.78 is 17.5. The van der Waals surface area contributed by atoms with Crippen molar-refractivity contribution in [2.24, 2.45) is 0 Å². The molecule has 1 aromatic carbocycles. The number of rotatable bonds is 6. The van der Waals surface area contributed by atoms with Crippen molar-refractivity contribution in [3.05, 3.63) is 53.1 Å². The van der Waals surface area contributed by atoms with Gasteiger partial charge in [-0.05, 0) is 25.1 Å². The van der Waals surface area contributed by atoms with Gasteiger partial charge in [0.2, 0.25) is 5.91 Å². The highest BCUT2D eigenvalue weighted by Crippen LogP contribution is 2.27. The van der Waals surface area contributed by atoms with Crippen molar-refractivity contribution in [3.63, 3.8) is 0 Å². The van der Waals surface area contributed by atoms with Gasteiger partial charge >= 0.3 is 0 Å². The molecule has 1 atom stereocenters. The van der Waals surface area contributed by atoms with Crippen LogP contribution in [0.3, 0.4) is 0 Å². The number of carbonyl (C=O) groups excluding carboxylic acids is 2. The maximum atomic E-state index is 13.2. The maximum absolute atomic E-state index is 13.2. The summed E-state index contributed by atoms with van der Waals surface area (Å²) in [6.45, 7) is 4.85. The Morgan fingerprint density at radius 2 is 1.97 bits per heavy atom. The molecule has 176 valence electrons. The standard InChI is InChI=1S/C23H27ClN4O5/c1-17-20(13-25-16-26-17)22(30)28-7-10-33-23(14-28,12-21(29)27-5-8-31-9-6-27)15-32-19-4-2-3-18(24)11-19/h2-4,11,13,16H,5-10,12,14-15H2,1H3/t23-/m1/s1. The molecule has 33 heavy (non-hydrogen) atoms. The molecule has 2 saturated heterocycles. The van der Waals surface area contributed by atoms with Crippen molar-refractivity contribution in [2.45, 2.75) is 18.9 Å². The van der Waals surface area contributed by atoms with E-state index in [4.69, 9.17) is 25.8 Å². The summed E-state index contributed by atoms with van der Waals surface area (Å²) in [5.41, 5.74) is 0.0324. The maximum Gasteiger partial charge on any atom is 0.257 e. The normalized spacial score (nSPS) is 21.0. The van der Waals surface area contributed by atoms with Gasteiger partial charge in [0, 0.05) is 30.9 Å². The number of nitrogens with zero attached hydrogens (tertiary/aromatic N) is 4. The summed E-state index contributed by atoms with van der Waals surface area (Å²) in [4.78, 5) is 37.9. The Morgan fingerprint density at radius 3 is 2.73 bits per heavy atom. The zero-order valence-corrected chi connectivity index (χ0v) is 19.3. The van der Waals surface area contributed by atoms with Gasteiger partial charge in [-0.2, -0.15) is 0 Å². The average molecular weight is 475 g/mol. The first-order chi connectivity index (χ1) is 16.0. The van der Waals surface area contributed by atoms with E-state index in [1.807, 2.05) is 0 Å². The molecule has 2 aliphatic rings. The van der Waals surface area contributed by atoms with Gasteiger partial charge in [0.25, 0.3) is 5.91 Å². The fourth-order valence-electron chi connectivity index (χ4n) is 4.01. The van der Waals surface area contributed by atoms with Crippen molar-refractivity contribution in [2.75, 3.05) is 52.6 Å². The zero-order chi connectivity index (χ0) is 23.3. The number of morpholine rings is 2. The lowest BCUT2D eigenvalue weighted by Crippen LogP contribution is -2.58. The van der Waals surface area contributed by atoms with Gasteiger partial charge in [0.1, 0.15) is 24.3 Å². The lowest BCUT2D eigenvalue weighted by atomic mass is 9.96. The van der Waals surface area contributed by atoms with Gasteiger partial charge < -0.3 is 24.0 Å². The summed E-state index contributed by atoms with van der Waals surface area (Å²) in [6, 6.07) is 7.04. The number of halogens is 1. The molecule has 2 amide bonds. The molecule has 0 saturated carbocycles. The van der Waals surface area contributed by atoms with E-state index in [1.165, 1.54) is 12.5 Å². The first-order valence-electron chi connectivity index (χ1n) is 10.9. The zero-order valence-electron chi connectivity index (χ0n) is 18.5. The highest BCUT2D eigenvalue weighted by Gasteiger charge is 2.42. The molecule has 0 unspecified atom stereocenters. The van der Waals surface area contributed by atoms with Crippen LogP contribution < -0.4 is 4.74 Å². The largest absolute Gasteiger partial charge is 0.490 e. The highest BCUT2D eigenvalue weighted by molar-refractivity contribution is 6.30. The molecule has 0 aliphatic carbocycles. The van der Waals surface area contributed by atoms with Gasteiger partial charge in [-0.15, -0.1) is 0 Å². The molecular weight excluding hydrogens is 448 g/mol. The Bertz CT molecular complexity index is 1000. The first kappa shape index (κ1) is 23.4. The predicted octanol–water partition coefficient (Wildman–Crippen LogP) is 1.98. The molecule has 3 heterocycles. The third-order valence-corrected chi connectivity index (χ3v) is 6.05. The van der Waals surface area contributed by atoms with Gasteiger partial charge in [-0.25, -0.2) is 9.97 Å². The fraction of sp³-hybridized carbons (Fsp3) is 0.478. The smallest absolute Gasteiger partial charge is 0.257 e. The van der Waals surface area contributed by atoms with Crippen molar-refractivity contribution in [3.8, 4) is 5.75 Å². The Labute approximate surface area is 197 Å². The number of carbonyl (C=O) groups is 2. The molecule has 2 fully saturated rings. The van der Waals surface area contributed by atoms with E-state index in [0.717, 1.165) is 0 Å². The molecule has 1 aromatic heterocycles. The SMILES string of the molecule is Cc1ncncc1C(=O)N1CCO[C@](COc2cccc(Cl)c2)(CC(=O)N2CCOCC2)C1. The molecule has 0 spiro atoms. The third kappa shape index (κ3) is 5.79. The summed E-state index contributed by atoms with van der Waals surface area (Å²) >= 11 is 6.09. The minimum absolute atomic E-state index is 0.0541. The average Bonchev–Trinajstić information content (AvgIpc) is 2.83. The topological polar surface area (TPSA) is 94.1 Å².